The topological polar surface area (TPSA) is 94.1 Å². The molecule has 0 atom stereocenters. The zero-order chi connectivity index (χ0) is 22.8. The van der Waals surface area contributed by atoms with E-state index in [4.69, 9.17) is 16.3 Å². The SMILES string of the molecule is COc1cnc(Cl)c(F)c1-c1cc(C)ncc1C(=O)Nc1ncc(C(=O)CC2CCC2)s1. The van der Waals surface area contributed by atoms with Crippen molar-refractivity contribution >= 4 is 39.8 Å². The second kappa shape index (κ2) is 9.30. The lowest BCUT2D eigenvalue weighted by atomic mass is 9.82. The Hall–Kier alpha value is -2.91. The third kappa shape index (κ3) is 4.49. The highest BCUT2D eigenvalue weighted by Gasteiger charge is 2.25. The average molecular weight is 475 g/mol. The predicted molar refractivity (Wildman–Crippen MR) is 120 cm³/mol. The number of aryl methyl sites for hydroxylation is 1. The van der Waals surface area contributed by atoms with Crippen LogP contribution in [0.1, 0.15) is 51.4 Å². The quantitative estimate of drug-likeness (QED) is 0.367. The Balaban J connectivity index is 1.62. The molecule has 32 heavy (non-hydrogen) atoms. The first kappa shape index (κ1) is 22.3. The molecule has 1 aliphatic rings. The number of ketones is 1. The van der Waals surface area contributed by atoms with Gasteiger partial charge in [0.15, 0.2) is 21.9 Å². The van der Waals surface area contributed by atoms with E-state index in [1.165, 1.54) is 32.1 Å². The number of aromatic nitrogens is 3. The molecule has 0 aromatic carbocycles. The zero-order valence-corrected chi connectivity index (χ0v) is 19.0. The van der Waals surface area contributed by atoms with Gasteiger partial charge in [-0.1, -0.05) is 42.2 Å². The summed E-state index contributed by atoms with van der Waals surface area (Å²) in [6.45, 7) is 1.72. The average Bonchev–Trinajstić information content (AvgIpc) is 3.20. The van der Waals surface area contributed by atoms with E-state index >= 15 is 0 Å². The minimum absolute atomic E-state index is 0.0126. The standard InChI is InChI=1S/C22H20ClFN4O3S/c1-11-6-13(18-16(31-2)9-26-20(23)19(18)24)14(8-25-11)21(30)28-22-27-10-17(32-22)15(29)7-12-4-3-5-12/h6,8-10,12H,3-5,7H2,1-2H3,(H,27,28,30). The number of nitrogens with zero attached hydrogens (tertiary/aromatic N) is 3. The molecule has 0 radical (unpaired) electrons. The number of amides is 1. The van der Waals surface area contributed by atoms with E-state index in [9.17, 15) is 14.0 Å². The van der Waals surface area contributed by atoms with Crippen LogP contribution in [0.3, 0.4) is 0 Å². The molecule has 0 unspecified atom stereocenters. The normalized spacial score (nSPS) is 13.5. The van der Waals surface area contributed by atoms with Crippen LogP contribution >= 0.6 is 22.9 Å². The largest absolute Gasteiger partial charge is 0.494 e. The summed E-state index contributed by atoms with van der Waals surface area (Å²) < 4.78 is 20.1. The Morgan fingerprint density at radius 2 is 2.03 bits per heavy atom. The Kier molecular flexibility index (Phi) is 6.48. The van der Waals surface area contributed by atoms with E-state index in [1.54, 1.807) is 13.0 Å². The molecule has 4 rings (SSSR count). The van der Waals surface area contributed by atoms with Gasteiger partial charge in [-0.2, -0.15) is 0 Å². The van der Waals surface area contributed by atoms with Gasteiger partial charge in [0.2, 0.25) is 0 Å². The van der Waals surface area contributed by atoms with Crippen LogP contribution in [0, 0.1) is 18.7 Å². The van der Waals surface area contributed by atoms with Crippen LogP contribution in [-0.2, 0) is 0 Å². The molecule has 0 aliphatic heterocycles. The number of pyridine rings is 2. The summed E-state index contributed by atoms with van der Waals surface area (Å²) in [5.74, 6) is -0.743. The minimum atomic E-state index is -0.802. The molecule has 166 valence electrons. The molecule has 3 aromatic heterocycles. The Labute approximate surface area is 193 Å². The first-order valence-corrected chi connectivity index (χ1v) is 11.2. The maximum Gasteiger partial charge on any atom is 0.259 e. The third-order valence-corrected chi connectivity index (χ3v) is 6.63. The van der Waals surface area contributed by atoms with Gasteiger partial charge in [-0.3, -0.25) is 19.9 Å². The van der Waals surface area contributed by atoms with Crippen LogP contribution in [0.5, 0.6) is 5.75 Å². The fraction of sp³-hybridized carbons (Fsp3) is 0.318. The number of thiazole rings is 1. The number of hydrogen-bond acceptors (Lipinski definition) is 7. The van der Waals surface area contributed by atoms with Crippen molar-refractivity contribution in [2.24, 2.45) is 5.92 Å². The van der Waals surface area contributed by atoms with Gasteiger partial charge in [-0.05, 0) is 18.9 Å². The van der Waals surface area contributed by atoms with Crippen molar-refractivity contribution in [1.29, 1.82) is 0 Å². The van der Waals surface area contributed by atoms with Crippen LogP contribution in [0.15, 0.2) is 24.7 Å². The van der Waals surface area contributed by atoms with E-state index in [2.05, 4.69) is 20.3 Å². The van der Waals surface area contributed by atoms with Gasteiger partial charge in [-0.25, -0.2) is 14.4 Å². The Morgan fingerprint density at radius 1 is 1.25 bits per heavy atom. The second-order valence-electron chi connectivity index (χ2n) is 7.59. The summed E-state index contributed by atoms with van der Waals surface area (Å²) in [6.07, 6.45) is 7.95. The zero-order valence-electron chi connectivity index (χ0n) is 17.4. The Bertz CT molecular complexity index is 1200. The van der Waals surface area contributed by atoms with Crippen LogP contribution in [0.25, 0.3) is 11.1 Å². The lowest BCUT2D eigenvalue weighted by molar-refractivity contribution is 0.0939. The van der Waals surface area contributed by atoms with Crippen molar-refractivity contribution in [2.75, 3.05) is 12.4 Å². The van der Waals surface area contributed by atoms with Gasteiger partial charge in [0.05, 0.1) is 35.5 Å². The van der Waals surface area contributed by atoms with Gasteiger partial charge >= 0.3 is 0 Å². The number of nitrogens with one attached hydrogen (secondary N) is 1. The lowest BCUT2D eigenvalue weighted by Crippen LogP contribution is -2.15. The second-order valence-corrected chi connectivity index (χ2v) is 8.97. The summed E-state index contributed by atoms with van der Waals surface area (Å²) in [5.41, 5.74) is 0.946. The molecule has 0 bridgehead atoms. The molecule has 1 N–H and O–H groups in total. The number of hydrogen-bond donors (Lipinski definition) is 1. The number of Topliss-reactive ketones (excluding diaryl/α,β-unsaturated/α-hetero) is 1. The first-order valence-electron chi connectivity index (χ1n) is 10.0. The molecule has 0 spiro atoms. The van der Waals surface area contributed by atoms with Crippen molar-refractivity contribution in [3.63, 3.8) is 0 Å². The molecule has 1 saturated carbocycles. The summed E-state index contributed by atoms with van der Waals surface area (Å²) in [6, 6.07) is 1.57. The first-order chi connectivity index (χ1) is 15.4. The van der Waals surface area contributed by atoms with Gasteiger partial charge < -0.3 is 4.74 Å². The van der Waals surface area contributed by atoms with Crippen LogP contribution in [-0.4, -0.2) is 33.8 Å². The van der Waals surface area contributed by atoms with Gasteiger partial charge in [0.1, 0.15) is 5.75 Å². The van der Waals surface area contributed by atoms with Crippen molar-refractivity contribution in [3.05, 3.63) is 51.8 Å². The minimum Gasteiger partial charge on any atom is -0.494 e. The smallest absolute Gasteiger partial charge is 0.259 e. The molecule has 0 saturated heterocycles. The number of carbonyl (C=O) groups is 2. The molecule has 3 aromatic rings. The highest BCUT2D eigenvalue weighted by molar-refractivity contribution is 7.17. The summed E-state index contributed by atoms with van der Waals surface area (Å²) in [7, 11) is 1.37. The van der Waals surface area contributed by atoms with Gasteiger partial charge in [-0.15, -0.1) is 0 Å². The molecule has 1 amide bonds. The number of rotatable bonds is 7. The predicted octanol–water partition coefficient (Wildman–Crippen LogP) is 5.33. The number of anilines is 1. The van der Waals surface area contributed by atoms with Crippen molar-refractivity contribution in [3.8, 4) is 16.9 Å². The number of halogens is 2. The maximum atomic E-state index is 14.9. The highest BCUT2D eigenvalue weighted by atomic mass is 35.5. The number of carbonyl (C=O) groups excluding carboxylic acids is 2. The Morgan fingerprint density at radius 3 is 2.72 bits per heavy atom. The molecule has 7 nitrogen and oxygen atoms in total. The number of ether oxygens (including phenoxy) is 1. The number of methoxy groups -OCH3 is 1. The summed E-state index contributed by atoms with van der Waals surface area (Å²) in [5, 5.41) is 2.62. The third-order valence-electron chi connectivity index (χ3n) is 5.42. The fourth-order valence-corrected chi connectivity index (χ4v) is 4.39. The fourth-order valence-electron chi connectivity index (χ4n) is 3.49. The molecule has 1 fully saturated rings. The van der Waals surface area contributed by atoms with Gasteiger partial charge in [0, 0.05) is 23.9 Å². The molecular weight excluding hydrogens is 455 g/mol. The van der Waals surface area contributed by atoms with Crippen molar-refractivity contribution in [1.82, 2.24) is 15.0 Å². The lowest BCUT2D eigenvalue weighted by Gasteiger charge is -2.23. The van der Waals surface area contributed by atoms with E-state index in [0.717, 1.165) is 24.2 Å². The van der Waals surface area contributed by atoms with E-state index in [1.807, 2.05) is 0 Å². The van der Waals surface area contributed by atoms with Crippen molar-refractivity contribution in [2.45, 2.75) is 32.6 Å². The summed E-state index contributed by atoms with van der Waals surface area (Å²) in [4.78, 5) is 38.0. The van der Waals surface area contributed by atoms with Crippen LogP contribution < -0.4 is 10.1 Å². The van der Waals surface area contributed by atoms with Crippen molar-refractivity contribution < 1.29 is 18.7 Å². The molecule has 3 heterocycles. The van der Waals surface area contributed by atoms with E-state index in [-0.39, 0.29) is 38.5 Å². The monoisotopic (exact) mass is 474 g/mol. The van der Waals surface area contributed by atoms with E-state index < -0.39 is 11.7 Å². The highest BCUT2D eigenvalue weighted by Crippen LogP contribution is 2.37. The van der Waals surface area contributed by atoms with Gasteiger partial charge in [0.25, 0.3) is 5.91 Å². The molecule has 1 aliphatic carbocycles. The summed E-state index contributed by atoms with van der Waals surface area (Å²) >= 11 is 6.99. The van der Waals surface area contributed by atoms with Crippen LogP contribution in [0.2, 0.25) is 5.15 Å². The maximum absolute atomic E-state index is 14.9. The van der Waals surface area contributed by atoms with Crippen LogP contribution in [0.4, 0.5) is 9.52 Å². The van der Waals surface area contributed by atoms with E-state index in [0.29, 0.717) is 22.9 Å². The molecule has 10 heteroatoms. The molecular formula is C22H20ClFN4O3S.